The van der Waals surface area contributed by atoms with E-state index in [4.69, 9.17) is 15.9 Å². The zero-order chi connectivity index (χ0) is 22.9. The van der Waals surface area contributed by atoms with Crippen molar-refractivity contribution in [1.29, 1.82) is 0 Å². The van der Waals surface area contributed by atoms with Crippen molar-refractivity contribution in [3.63, 3.8) is 0 Å². The van der Waals surface area contributed by atoms with Gasteiger partial charge < -0.3 is 14.0 Å². The third kappa shape index (κ3) is 5.65. The van der Waals surface area contributed by atoms with E-state index >= 15 is 0 Å². The molecule has 0 atom stereocenters. The van der Waals surface area contributed by atoms with Crippen molar-refractivity contribution in [2.45, 2.75) is 39.7 Å². The monoisotopic (exact) mass is 450 g/mol. The van der Waals surface area contributed by atoms with Gasteiger partial charge in [-0.2, -0.15) is 4.99 Å². The zero-order valence-electron chi connectivity index (χ0n) is 18.3. The minimum Gasteiger partial charge on any atom is -0.494 e. The number of esters is 1. The molecular formula is C25H26N2O4S. The highest BCUT2D eigenvalue weighted by Crippen LogP contribution is 2.20. The number of fused-ring (bicyclic) bond motifs is 1. The van der Waals surface area contributed by atoms with Crippen LogP contribution in [0, 0.1) is 12.3 Å². The lowest BCUT2D eigenvalue weighted by Gasteiger charge is -2.05. The topological polar surface area (TPSA) is 69.9 Å². The van der Waals surface area contributed by atoms with Crippen molar-refractivity contribution in [2.75, 3.05) is 13.2 Å². The SMILES string of the molecule is C#CCn1c(=NC(=O)c2ccc(OCCCCC)cc2)sc2cc(C(=O)OCC)ccc21. The lowest BCUT2D eigenvalue weighted by molar-refractivity contribution is 0.0526. The molecule has 0 saturated carbocycles. The lowest BCUT2D eigenvalue weighted by atomic mass is 10.2. The Labute approximate surface area is 191 Å². The first-order valence-electron chi connectivity index (χ1n) is 10.6. The van der Waals surface area contributed by atoms with Crippen LogP contribution < -0.4 is 9.54 Å². The molecular weight excluding hydrogens is 424 g/mol. The van der Waals surface area contributed by atoms with Gasteiger partial charge in [0.15, 0.2) is 4.80 Å². The van der Waals surface area contributed by atoms with E-state index in [9.17, 15) is 9.59 Å². The largest absolute Gasteiger partial charge is 0.494 e. The first kappa shape index (κ1) is 23.3. The molecule has 32 heavy (non-hydrogen) atoms. The Morgan fingerprint density at radius 1 is 1.09 bits per heavy atom. The summed E-state index contributed by atoms with van der Waals surface area (Å²) >= 11 is 1.30. The van der Waals surface area contributed by atoms with Gasteiger partial charge in [0.1, 0.15) is 5.75 Å². The first-order chi connectivity index (χ1) is 15.6. The summed E-state index contributed by atoms with van der Waals surface area (Å²) in [7, 11) is 0. The minimum atomic E-state index is -0.391. The van der Waals surface area contributed by atoms with Crippen LogP contribution in [-0.2, 0) is 11.3 Å². The highest BCUT2D eigenvalue weighted by molar-refractivity contribution is 7.16. The molecule has 0 radical (unpaired) electrons. The molecule has 0 unspecified atom stereocenters. The van der Waals surface area contributed by atoms with Crippen LogP contribution in [0.3, 0.4) is 0 Å². The van der Waals surface area contributed by atoms with E-state index in [2.05, 4.69) is 17.8 Å². The number of hydrogen-bond acceptors (Lipinski definition) is 5. The summed E-state index contributed by atoms with van der Waals surface area (Å²) in [5, 5.41) is 0. The van der Waals surface area contributed by atoms with Gasteiger partial charge in [0, 0.05) is 5.56 Å². The van der Waals surface area contributed by atoms with Gasteiger partial charge in [-0.05, 0) is 55.8 Å². The second kappa shape index (κ2) is 11.3. The van der Waals surface area contributed by atoms with Crippen LogP contribution in [0.25, 0.3) is 10.2 Å². The summed E-state index contributed by atoms with van der Waals surface area (Å²) in [5.74, 6) is 2.57. The van der Waals surface area contributed by atoms with Crippen LogP contribution in [0.5, 0.6) is 5.75 Å². The molecule has 0 saturated heterocycles. The van der Waals surface area contributed by atoms with Crippen LogP contribution in [0.1, 0.15) is 53.8 Å². The molecule has 7 heteroatoms. The van der Waals surface area contributed by atoms with Crippen LogP contribution >= 0.6 is 11.3 Å². The van der Waals surface area contributed by atoms with Crippen molar-refractivity contribution < 1.29 is 19.1 Å². The van der Waals surface area contributed by atoms with Crippen molar-refractivity contribution in [3.05, 3.63) is 58.4 Å². The first-order valence-corrected chi connectivity index (χ1v) is 11.4. The maximum atomic E-state index is 12.8. The fourth-order valence-corrected chi connectivity index (χ4v) is 4.20. The van der Waals surface area contributed by atoms with Crippen molar-refractivity contribution >= 4 is 33.4 Å². The van der Waals surface area contributed by atoms with Gasteiger partial charge >= 0.3 is 5.97 Å². The molecule has 2 aromatic carbocycles. The molecule has 0 aliphatic heterocycles. The van der Waals surface area contributed by atoms with Gasteiger partial charge in [0.25, 0.3) is 5.91 Å². The zero-order valence-corrected chi connectivity index (χ0v) is 19.1. The van der Waals surface area contributed by atoms with Crippen molar-refractivity contribution in [1.82, 2.24) is 4.57 Å². The van der Waals surface area contributed by atoms with E-state index in [0.717, 1.165) is 35.2 Å². The third-order valence-electron chi connectivity index (χ3n) is 4.76. The molecule has 1 aromatic heterocycles. The van der Waals surface area contributed by atoms with Crippen LogP contribution in [0.2, 0.25) is 0 Å². The molecule has 3 aromatic rings. The predicted molar refractivity (Wildman–Crippen MR) is 126 cm³/mol. The maximum Gasteiger partial charge on any atom is 0.338 e. The minimum absolute atomic E-state index is 0.259. The Kier molecular flexibility index (Phi) is 8.23. The average molecular weight is 451 g/mol. The van der Waals surface area contributed by atoms with E-state index in [1.165, 1.54) is 11.3 Å². The van der Waals surface area contributed by atoms with Crippen LogP contribution in [0.4, 0.5) is 0 Å². The number of nitrogens with zero attached hydrogens (tertiary/aromatic N) is 2. The fraction of sp³-hybridized carbons (Fsp3) is 0.320. The molecule has 0 N–H and O–H groups in total. The molecule has 166 valence electrons. The van der Waals surface area contributed by atoms with E-state index < -0.39 is 5.97 Å². The van der Waals surface area contributed by atoms with Gasteiger partial charge in [-0.15, -0.1) is 6.42 Å². The lowest BCUT2D eigenvalue weighted by Crippen LogP contribution is -2.16. The number of aromatic nitrogens is 1. The van der Waals surface area contributed by atoms with E-state index in [-0.39, 0.29) is 12.5 Å². The molecule has 3 rings (SSSR count). The molecule has 0 aliphatic carbocycles. The Balaban J connectivity index is 1.87. The van der Waals surface area contributed by atoms with Gasteiger partial charge in [-0.1, -0.05) is 37.0 Å². The second-order valence-electron chi connectivity index (χ2n) is 7.07. The highest BCUT2D eigenvalue weighted by atomic mass is 32.1. The van der Waals surface area contributed by atoms with E-state index in [0.29, 0.717) is 29.1 Å². The standard InChI is InChI=1S/C25H26N2O4S/c1-4-7-8-16-31-20-12-9-18(10-13-20)23(28)26-25-27(15-5-2)21-14-11-19(17-22(21)32-25)24(29)30-6-3/h2,9-14,17H,4,6-8,15-16H2,1,3H3. The summed E-state index contributed by atoms with van der Waals surface area (Å²) in [4.78, 5) is 29.6. The Morgan fingerprint density at radius 2 is 1.84 bits per heavy atom. The number of hydrogen-bond donors (Lipinski definition) is 0. The number of ether oxygens (including phenoxy) is 2. The second-order valence-corrected chi connectivity index (χ2v) is 8.08. The van der Waals surface area contributed by atoms with Gasteiger partial charge in [-0.25, -0.2) is 4.79 Å². The average Bonchev–Trinajstić information content (AvgIpc) is 3.13. The highest BCUT2D eigenvalue weighted by Gasteiger charge is 2.13. The summed E-state index contributed by atoms with van der Waals surface area (Å²) in [6.45, 7) is 5.13. The van der Waals surface area contributed by atoms with Crippen molar-refractivity contribution in [3.8, 4) is 18.1 Å². The normalized spacial score (nSPS) is 11.3. The molecule has 0 aliphatic rings. The number of unbranched alkanes of at least 4 members (excludes halogenated alkanes) is 2. The summed E-state index contributed by atoms with van der Waals surface area (Å²) in [6.07, 6.45) is 8.81. The quantitative estimate of drug-likeness (QED) is 0.266. The fourth-order valence-electron chi connectivity index (χ4n) is 3.13. The third-order valence-corrected chi connectivity index (χ3v) is 5.80. The number of terminal acetylenes is 1. The Bertz CT molecular complexity index is 1200. The molecule has 1 amide bonds. The van der Waals surface area contributed by atoms with Gasteiger partial charge in [0.05, 0.1) is 35.5 Å². The summed E-state index contributed by atoms with van der Waals surface area (Å²) in [6, 6.07) is 12.2. The molecule has 1 heterocycles. The summed E-state index contributed by atoms with van der Waals surface area (Å²) < 4.78 is 13.4. The molecule has 0 spiro atoms. The van der Waals surface area contributed by atoms with E-state index in [1.54, 1.807) is 54.0 Å². The summed E-state index contributed by atoms with van der Waals surface area (Å²) in [5.41, 5.74) is 1.71. The Morgan fingerprint density at radius 3 is 2.53 bits per heavy atom. The predicted octanol–water partition coefficient (Wildman–Crippen LogP) is 4.82. The maximum absolute atomic E-state index is 12.8. The number of rotatable bonds is 9. The van der Waals surface area contributed by atoms with E-state index in [1.807, 2.05) is 0 Å². The number of thiazole rings is 1. The smallest absolute Gasteiger partial charge is 0.338 e. The molecule has 0 bridgehead atoms. The number of carbonyl (C=O) groups excluding carboxylic acids is 2. The molecule has 6 nitrogen and oxygen atoms in total. The number of benzene rings is 2. The van der Waals surface area contributed by atoms with Gasteiger partial charge in [0.2, 0.25) is 0 Å². The van der Waals surface area contributed by atoms with Crippen LogP contribution in [0.15, 0.2) is 47.5 Å². The molecule has 0 fully saturated rings. The number of amides is 1. The van der Waals surface area contributed by atoms with Crippen LogP contribution in [-0.4, -0.2) is 29.7 Å². The van der Waals surface area contributed by atoms with Crippen molar-refractivity contribution in [2.24, 2.45) is 4.99 Å². The van der Waals surface area contributed by atoms with Gasteiger partial charge in [-0.3, -0.25) is 4.79 Å². The number of carbonyl (C=O) groups is 2. The Hall–Kier alpha value is -3.37.